The van der Waals surface area contributed by atoms with Crippen molar-refractivity contribution in [1.82, 2.24) is 9.55 Å². The van der Waals surface area contributed by atoms with Crippen LogP contribution in [-0.4, -0.2) is 56.8 Å². The number of rotatable bonds is 3. The highest BCUT2D eigenvalue weighted by Crippen LogP contribution is 2.35. The van der Waals surface area contributed by atoms with Gasteiger partial charge in [0.05, 0.1) is 17.6 Å². The van der Waals surface area contributed by atoms with E-state index in [-0.39, 0.29) is 6.61 Å². The molecular weight excluding hydrogens is 286 g/mol. The monoisotopic (exact) mass is 307 g/mol. The molecule has 0 aliphatic carbocycles. The number of hydrogen-bond donors (Lipinski definition) is 4. The number of imidazole rings is 1. The molecule has 1 fully saturated rings. The number of nitrogens with one attached hydrogen (secondary N) is 1. The Balaban J connectivity index is 2.15. The molecule has 1 aromatic carbocycles. The van der Waals surface area contributed by atoms with E-state index in [4.69, 9.17) is 4.74 Å². The minimum Gasteiger partial charge on any atom is -0.394 e. The number of aliphatic hydroxyl groups excluding tert-OH is 3. The second-order valence-electron chi connectivity index (χ2n) is 5.71. The normalized spacial score (nSPS) is 28.5. The Kier molecular flexibility index (Phi) is 3.82. The van der Waals surface area contributed by atoms with Crippen LogP contribution in [0, 0.1) is 13.8 Å². The van der Waals surface area contributed by atoms with Crippen molar-refractivity contribution < 1.29 is 20.1 Å². The average Bonchev–Trinajstić information content (AvgIpc) is 2.98. The van der Waals surface area contributed by atoms with E-state index in [2.05, 4.69) is 10.3 Å². The van der Waals surface area contributed by atoms with E-state index in [1.807, 2.05) is 26.0 Å². The lowest BCUT2D eigenvalue weighted by atomic mass is 10.1. The van der Waals surface area contributed by atoms with Crippen molar-refractivity contribution in [1.29, 1.82) is 0 Å². The van der Waals surface area contributed by atoms with E-state index in [1.54, 1.807) is 11.6 Å². The lowest BCUT2D eigenvalue weighted by Gasteiger charge is -2.19. The van der Waals surface area contributed by atoms with Crippen LogP contribution in [0.15, 0.2) is 12.1 Å². The van der Waals surface area contributed by atoms with Crippen molar-refractivity contribution >= 4 is 17.0 Å². The summed E-state index contributed by atoms with van der Waals surface area (Å²) in [7, 11) is 1.73. The van der Waals surface area contributed by atoms with Crippen LogP contribution in [0.3, 0.4) is 0 Å². The summed E-state index contributed by atoms with van der Waals surface area (Å²) in [5.41, 5.74) is 3.82. The summed E-state index contributed by atoms with van der Waals surface area (Å²) in [6, 6.07) is 3.95. The van der Waals surface area contributed by atoms with Crippen molar-refractivity contribution in [3.05, 3.63) is 23.3 Å². The quantitative estimate of drug-likeness (QED) is 0.651. The molecule has 1 aliphatic heterocycles. The van der Waals surface area contributed by atoms with E-state index in [1.165, 1.54) is 0 Å². The molecule has 4 atom stereocenters. The first kappa shape index (κ1) is 15.2. The standard InChI is InChI=1S/C15H21N3O4/c1-7-4-9-10(5-8(7)2)18(15(16-3)17-9)14-13(21)12(20)11(6-19)22-14/h4-5,11-14,19-21H,6H2,1-3H3,(H,16,17)/t11-,12+,13+,14+/m0/s1. The van der Waals surface area contributed by atoms with Crippen molar-refractivity contribution in [3.8, 4) is 0 Å². The molecule has 4 N–H and O–H groups in total. The fourth-order valence-electron chi connectivity index (χ4n) is 2.88. The molecular formula is C15H21N3O4. The van der Waals surface area contributed by atoms with Gasteiger partial charge in [-0.15, -0.1) is 0 Å². The van der Waals surface area contributed by atoms with Gasteiger partial charge in [-0.05, 0) is 37.1 Å². The van der Waals surface area contributed by atoms with Crippen LogP contribution in [0.4, 0.5) is 5.95 Å². The van der Waals surface area contributed by atoms with E-state index >= 15 is 0 Å². The van der Waals surface area contributed by atoms with Crippen LogP contribution < -0.4 is 5.32 Å². The highest BCUT2D eigenvalue weighted by Gasteiger charge is 2.44. The topological polar surface area (TPSA) is 99.8 Å². The third-order valence-electron chi connectivity index (χ3n) is 4.30. The smallest absolute Gasteiger partial charge is 0.205 e. The molecule has 1 aromatic heterocycles. The zero-order valence-corrected chi connectivity index (χ0v) is 12.8. The van der Waals surface area contributed by atoms with Crippen LogP contribution in [-0.2, 0) is 4.74 Å². The third kappa shape index (κ3) is 2.17. The number of benzene rings is 1. The Hall–Kier alpha value is -1.67. The number of hydrogen-bond acceptors (Lipinski definition) is 6. The fourth-order valence-corrected chi connectivity index (χ4v) is 2.88. The lowest BCUT2D eigenvalue weighted by molar-refractivity contribution is -0.0499. The zero-order chi connectivity index (χ0) is 16.0. The highest BCUT2D eigenvalue weighted by molar-refractivity contribution is 5.80. The molecule has 7 nitrogen and oxygen atoms in total. The number of nitrogens with zero attached hydrogens (tertiary/aromatic N) is 2. The van der Waals surface area contributed by atoms with Crippen LogP contribution in [0.1, 0.15) is 17.4 Å². The lowest BCUT2D eigenvalue weighted by Crippen LogP contribution is -2.33. The van der Waals surface area contributed by atoms with Gasteiger partial charge in [-0.1, -0.05) is 0 Å². The van der Waals surface area contributed by atoms with E-state index < -0.39 is 24.5 Å². The largest absolute Gasteiger partial charge is 0.394 e. The number of ether oxygens (including phenoxy) is 1. The number of aliphatic hydroxyl groups is 3. The predicted octanol–water partition coefficient (Wildman–Crippen LogP) is 0.306. The molecule has 2 aromatic rings. The van der Waals surface area contributed by atoms with E-state index in [9.17, 15) is 15.3 Å². The Morgan fingerprint density at radius 2 is 1.91 bits per heavy atom. The Labute approximate surface area is 128 Å². The van der Waals surface area contributed by atoms with Gasteiger partial charge in [0, 0.05) is 7.05 Å². The minimum absolute atomic E-state index is 0.353. The first-order chi connectivity index (χ1) is 10.5. The van der Waals surface area contributed by atoms with Gasteiger partial charge in [-0.2, -0.15) is 0 Å². The minimum atomic E-state index is -1.14. The molecule has 0 bridgehead atoms. The fraction of sp³-hybridized carbons (Fsp3) is 0.533. The van der Waals surface area contributed by atoms with Crippen LogP contribution in [0.5, 0.6) is 0 Å². The van der Waals surface area contributed by atoms with Gasteiger partial charge >= 0.3 is 0 Å². The maximum Gasteiger partial charge on any atom is 0.205 e. The number of anilines is 1. The maximum absolute atomic E-state index is 10.3. The van der Waals surface area contributed by atoms with Gasteiger partial charge in [0.25, 0.3) is 0 Å². The summed E-state index contributed by atoms with van der Waals surface area (Å²) in [5.74, 6) is 0.537. The van der Waals surface area contributed by atoms with Crippen molar-refractivity contribution in [3.63, 3.8) is 0 Å². The SMILES string of the molecule is CNc1nc2cc(C)c(C)cc2n1[C@@H]1O[C@@H](CO)[C@@H](O)[C@H]1O. The molecule has 0 radical (unpaired) electrons. The van der Waals surface area contributed by atoms with Gasteiger partial charge in [-0.3, -0.25) is 4.57 Å². The zero-order valence-electron chi connectivity index (χ0n) is 12.8. The first-order valence-corrected chi connectivity index (χ1v) is 7.27. The van der Waals surface area contributed by atoms with E-state index in [0.29, 0.717) is 5.95 Å². The second kappa shape index (κ2) is 5.51. The number of aromatic nitrogens is 2. The van der Waals surface area contributed by atoms with E-state index in [0.717, 1.165) is 22.2 Å². The Bertz CT molecular complexity index is 700. The molecule has 22 heavy (non-hydrogen) atoms. The molecule has 0 saturated carbocycles. The number of fused-ring (bicyclic) bond motifs is 1. The summed E-state index contributed by atoms with van der Waals surface area (Å²) in [4.78, 5) is 4.50. The molecule has 3 rings (SSSR count). The van der Waals surface area contributed by atoms with Crippen molar-refractivity contribution in [2.75, 3.05) is 19.0 Å². The van der Waals surface area contributed by atoms with Crippen LogP contribution in [0.2, 0.25) is 0 Å². The van der Waals surface area contributed by atoms with Crippen molar-refractivity contribution in [2.45, 2.75) is 38.4 Å². The van der Waals surface area contributed by atoms with Gasteiger partial charge in [0.15, 0.2) is 6.23 Å². The first-order valence-electron chi connectivity index (χ1n) is 7.27. The molecule has 1 aliphatic rings. The Morgan fingerprint density at radius 1 is 1.23 bits per heavy atom. The summed E-state index contributed by atoms with van der Waals surface area (Å²) < 4.78 is 7.36. The molecule has 120 valence electrons. The highest BCUT2D eigenvalue weighted by atomic mass is 16.6. The van der Waals surface area contributed by atoms with Gasteiger partial charge in [-0.25, -0.2) is 4.98 Å². The van der Waals surface area contributed by atoms with Gasteiger partial charge < -0.3 is 25.4 Å². The molecule has 0 spiro atoms. The molecule has 2 heterocycles. The summed E-state index contributed by atoms with van der Waals surface area (Å²) in [6.07, 6.45) is -3.89. The van der Waals surface area contributed by atoms with Crippen LogP contribution in [0.25, 0.3) is 11.0 Å². The molecule has 7 heteroatoms. The van der Waals surface area contributed by atoms with Gasteiger partial charge in [0.2, 0.25) is 5.95 Å². The maximum atomic E-state index is 10.3. The summed E-state index contributed by atoms with van der Waals surface area (Å²) in [6.45, 7) is 3.66. The second-order valence-corrected chi connectivity index (χ2v) is 5.71. The number of aryl methyl sites for hydroxylation is 2. The van der Waals surface area contributed by atoms with Crippen LogP contribution >= 0.6 is 0 Å². The molecule has 1 saturated heterocycles. The van der Waals surface area contributed by atoms with Crippen molar-refractivity contribution in [2.24, 2.45) is 0 Å². The molecule has 0 amide bonds. The average molecular weight is 307 g/mol. The summed E-state index contributed by atoms with van der Waals surface area (Å²) >= 11 is 0. The third-order valence-corrected chi connectivity index (χ3v) is 4.30. The molecule has 0 unspecified atom stereocenters. The summed E-state index contributed by atoms with van der Waals surface area (Å²) in [5, 5.41) is 32.5. The Morgan fingerprint density at radius 3 is 2.50 bits per heavy atom. The van der Waals surface area contributed by atoms with Gasteiger partial charge in [0.1, 0.15) is 18.3 Å². The predicted molar refractivity (Wildman–Crippen MR) is 81.8 cm³/mol.